The summed E-state index contributed by atoms with van der Waals surface area (Å²) >= 11 is 0. The fourth-order valence-corrected chi connectivity index (χ4v) is 11.2. The summed E-state index contributed by atoms with van der Waals surface area (Å²) in [4.78, 5) is 13.1. The van der Waals surface area contributed by atoms with Crippen molar-refractivity contribution in [3.8, 4) is 0 Å². The lowest BCUT2D eigenvalue weighted by molar-refractivity contribution is -0.302. The van der Waals surface area contributed by atoms with Gasteiger partial charge in [-0.05, 0) is 12.8 Å². The Morgan fingerprint density at radius 3 is 0.959 bits per heavy atom. The molecule has 6 N–H and O–H groups in total. The molecule has 1 heterocycles. The highest BCUT2D eigenvalue weighted by molar-refractivity contribution is 5.76. The molecule has 9 nitrogen and oxygen atoms in total. The molecule has 1 saturated heterocycles. The van der Waals surface area contributed by atoms with Gasteiger partial charge >= 0.3 is 0 Å². The number of nitrogens with one attached hydrogen (secondary N) is 1. The van der Waals surface area contributed by atoms with E-state index in [1.807, 2.05) is 0 Å². The van der Waals surface area contributed by atoms with Crippen LogP contribution in [0.4, 0.5) is 0 Å². The molecule has 7 atom stereocenters. The normalized spacial score (nSPS) is 18.8. The smallest absolute Gasteiger partial charge is 0.220 e. The van der Waals surface area contributed by atoms with Crippen molar-refractivity contribution in [2.75, 3.05) is 13.2 Å². The Hall–Kier alpha value is -0.810. The second-order valence-corrected chi connectivity index (χ2v) is 23.6. The molecule has 1 amide bonds. The van der Waals surface area contributed by atoms with Crippen LogP contribution >= 0.6 is 0 Å². The van der Waals surface area contributed by atoms with E-state index in [1.54, 1.807) is 0 Å². The Morgan fingerprint density at radius 2 is 0.676 bits per heavy atom. The van der Waals surface area contributed by atoms with E-state index in [-0.39, 0.29) is 12.5 Å². The van der Waals surface area contributed by atoms with Gasteiger partial charge in [0.15, 0.2) is 6.29 Å². The zero-order valence-electron chi connectivity index (χ0n) is 49.4. The standard InChI is InChI=1S/C65H129NO8/c1-3-5-7-9-11-13-15-17-19-20-21-22-23-24-25-26-27-28-29-30-31-32-33-34-35-36-37-38-39-40-41-43-45-47-49-51-53-55-61(69)66-58(57-73-65-64(72)63(71)62(70)60(56-67)74-65)59(68)54-52-50-48-46-44-42-18-16-14-12-10-8-6-4-2/h58-60,62-65,67-68,70-72H,3-57H2,1-2H3,(H,66,69). The van der Waals surface area contributed by atoms with Gasteiger partial charge in [-0.3, -0.25) is 4.79 Å². The molecule has 0 spiro atoms. The molecule has 1 rings (SSSR count). The van der Waals surface area contributed by atoms with E-state index >= 15 is 0 Å². The monoisotopic (exact) mass is 1050 g/mol. The fraction of sp³-hybridized carbons (Fsp3) is 0.985. The van der Waals surface area contributed by atoms with E-state index in [0.717, 1.165) is 38.5 Å². The van der Waals surface area contributed by atoms with Crippen molar-refractivity contribution in [2.24, 2.45) is 0 Å². The number of aliphatic hydroxyl groups excluding tert-OH is 5. The maximum Gasteiger partial charge on any atom is 0.220 e. The van der Waals surface area contributed by atoms with Crippen molar-refractivity contribution >= 4 is 5.91 Å². The molecule has 0 aliphatic carbocycles. The Kier molecular flexibility index (Phi) is 53.4. The summed E-state index contributed by atoms with van der Waals surface area (Å²) in [6, 6.07) is -0.713. The van der Waals surface area contributed by atoms with Gasteiger partial charge < -0.3 is 40.3 Å². The van der Waals surface area contributed by atoms with Gasteiger partial charge in [0, 0.05) is 6.42 Å². The van der Waals surface area contributed by atoms with Crippen LogP contribution in [0, 0.1) is 0 Å². The van der Waals surface area contributed by atoms with Gasteiger partial charge in [0.1, 0.15) is 24.4 Å². The summed E-state index contributed by atoms with van der Waals surface area (Å²) in [6.07, 6.45) is 61.9. The van der Waals surface area contributed by atoms with Crippen molar-refractivity contribution < 1.29 is 39.8 Å². The zero-order valence-corrected chi connectivity index (χ0v) is 49.4. The van der Waals surface area contributed by atoms with E-state index in [1.165, 1.54) is 289 Å². The van der Waals surface area contributed by atoms with Crippen molar-refractivity contribution in [3.05, 3.63) is 0 Å². The molecule has 74 heavy (non-hydrogen) atoms. The van der Waals surface area contributed by atoms with Gasteiger partial charge in [-0.15, -0.1) is 0 Å². The number of carbonyl (C=O) groups excluding carboxylic acids is 1. The Labute approximate surface area is 459 Å². The van der Waals surface area contributed by atoms with Crippen LogP contribution in [0.25, 0.3) is 0 Å². The molecule has 0 aromatic heterocycles. The second-order valence-electron chi connectivity index (χ2n) is 23.6. The average molecular weight is 1050 g/mol. The lowest BCUT2D eigenvalue weighted by Crippen LogP contribution is -2.60. The predicted molar refractivity (Wildman–Crippen MR) is 314 cm³/mol. The largest absolute Gasteiger partial charge is 0.394 e. The topological polar surface area (TPSA) is 149 Å². The Balaban J connectivity index is 2.01. The molecule has 0 aromatic carbocycles. The second kappa shape index (κ2) is 55.5. The molecule has 1 aliphatic heterocycles. The van der Waals surface area contributed by atoms with Crippen LogP contribution in [-0.4, -0.2) is 87.5 Å². The first-order chi connectivity index (χ1) is 36.3. The van der Waals surface area contributed by atoms with Gasteiger partial charge in [-0.25, -0.2) is 0 Å². The Morgan fingerprint density at radius 1 is 0.405 bits per heavy atom. The number of hydrogen-bond donors (Lipinski definition) is 6. The molecular formula is C65H129NO8. The van der Waals surface area contributed by atoms with Crippen LogP contribution in [-0.2, 0) is 14.3 Å². The molecular weight excluding hydrogens is 923 g/mol. The van der Waals surface area contributed by atoms with Crippen LogP contribution in [0.1, 0.15) is 354 Å². The number of carbonyl (C=O) groups is 1. The number of hydrogen-bond acceptors (Lipinski definition) is 8. The average Bonchev–Trinajstić information content (AvgIpc) is 3.40. The molecule has 7 unspecified atom stereocenters. The van der Waals surface area contributed by atoms with Crippen LogP contribution in [0.3, 0.4) is 0 Å². The molecule has 0 saturated carbocycles. The van der Waals surface area contributed by atoms with Crippen LogP contribution < -0.4 is 5.32 Å². The van der Waals surface area contributed by atoms with Crippen LogP contribution in [0.15, 0.2) is 0 Å². The third-order valence-corrected chi connectivity index (χ3v) is 16.5. The predicted octanol–water partition coefficient (Wildman–Crippen LogP) is 17.4. The summed E-state index contributed by atoms with van der Waals surface area (Å²) < 4.78 is 11.3. The number of unbranched alkanes of at least 4 members (excludes halogenated alkanes) is 49. The number of ether oxygens (including phenoxy) is 2. The van der Waals surface area contributed by atoms with E-state index in [9.17, 15) is 30.3 Å². The van der Waals surface area contributed by atoms with Crippen LogP contribution in [0.5, 0.6) is 0 Å². The fourth-order valence-electron chi connectivity index (χ4n) is 11.2. The molecule has 1 fully saturated rings. The third-order valence-electron chi connectivity index (χ3n) is 16.5. The molecule has 0 aromatic rings. The third kappa shape index (κ3) is 44.1. The minimum atomic E-state index is -1.55. The zero-order chi connectivity index (χ0) is 53.6. The van der Waals surface area contributed by atoms with E-state index < -0.39 is 49.5 Å². The summed E-state index contributed by atoms with van der Waals surface area (Å²) in [5, 5.41) is 54.7. The first kappa shape index (κ1) is 71.2. The molecule has 442 valence electrons. The van der Waals surface area contributed by atoms with Crippen molar-refractivity contribution in [2.45, 2.75) is 397 Å². The maximum atomic E-state index is 13.1. The molecule has 0 radical (unpaired) electrons. The summed E-state index contributed by atoms with van der Waals surface area (Å²) in [5.74, 6) is -0.135. The van der Waals surface area contributed by atoms with Crippen molar-refractivity contribution in [1.82, 2.24) is 5.32 Å². The van der Waals surface area contributed by atoms with Gasteiger partial charge in [0.25, 0.3) is 0 Å². The highest BCUT2D eigenvalue weighted by Crippen LogP contribution is 2.24. The minimum Gasteiger partial charge on any atom is -0.394 e. The first-order valence-electron chi connectivity index (χ1n) is 33.2. The minimum absolute atomic E-state index is 0.131. The van der Waals surface area contributed by atoms with E-state index in [4.69, 9.17) is 9.47 Å². The number of rotatable bonds is 59. The van der Waals surface area contributed by atoms with Gasteiger partial charge in [0.2, 0.25) is 5.91 Å². The highest BCUT2D eigenvalue weighted by Gasteiger charge is 2.44. The van der Waals surface area contributed by atoms with Gasteiger partial charge in [-0.2, -0.15) is 0 Å². The molecule has 0 bridgehead atoms. The molecule has 1 aliphatic rings. The van der Waals surface area contributed by atoms with Crippen LogP contribution in [0.2, 0.25) is 0 Å². The lowest BCUT2D eigenvalue weighted by atomic mass is 9.99. The SMILES string of the molecule is CCCCCCCCCCCCCCCCCCCCCCCCCCCCCCCCCCCCCCCC(=O)NC(COC1OC(CO)C(O)C(O)C1O)C(O)CCCCCCCCCCCCCCCC. The molecule has 9 heteroatoms. The number of amides is 1. The summed E-state index contributed by atoms with van der Waals surface area (Å²) in [5.41, 5.74) is 0. The Bertz CT molecular complexity index is 1130. The maximum absolute atomic E-state index is 13.1. The van der Waals surface area contributed by atoms with Gasteiger partial charge in [0.05, 0.1) is 25.4 Å². The summed E-state index contributed by atoms with van der Waals surface area (Å²) in [6.45, 7) is 3.88. The van der Waals surface area contributed by atoms with E-state index in [2.05, 4.69) is 19.2 Å². The van der Waals surface area contributed by atoms with Gasteiger partial charge in [-0.1, -0.05) is 335 Å². The first-order valence-corrected chi connectivity index (χ1v) is 33.2. The lowest BCUT2D eigenvalue weighted by Gasteiger charge is -2.40. The van der Waals surface area contributed by atoms with Crippen molar-refractivity contribution in [3.63, 3.8) is 0 Å². The highest BCUT2D eigenvalue weighted by atomic mass is 16.7. The van der Waals surface area contributed by atoms with Crippen molar-refractivity contribution in [1.29, 1.82) is 0 Å². The summed E-state index contributed by atoms with van der Waals surface area (Å²) in [7, 11) is 0. The quantitative estimate of drug-likeness (QED) is 0.0330. The van der Waals surface area contributed by atoms with E-state index in [0.29, 0.717) is 12.8 Å². The number of aliphatic hydroxyl groups is 5.